The van der Waals surface area contributed by atoms with Gasteiger partial charge in [-0.3, -0.25) is 4.79 Å². The molecule has 0 radical (unpaired) electrons. The Balaban J connectivity index is 1.73. The lowest BCUT2D eigenvalue weighted by Crippen LogP contribution is -2.34. The normalized spacial score (nSPS) is 16.0. The molecule has 3 aromatic rings. The average Bonchev–Trinajstić information content (AvgIpc) is 2.99. The van der Waals surface area contributed by atoms with Crippen molar-refractivity contribution >= 4 is 21.4 Å². The first kappa shape index (κ1) is 15.3. The molecule has 124 valence electrons. The van der Waals surface area contributed by atoms with Gasteiger partial charge in [-0.25, -0.2) is 4.98 Å². The zero-order chi connectivity index (χ0) is 16.5. The largest absolute Gasteiger partial charge is 0.340 e. The molecule has 6 heteroatoms. The molecule has 1 aromatic carbocycles. The Morgan fingerprint density at radius 2 is 2.08 bits per heavy atom. The molecule has 2 aromatic heterocycles. The van der Waals surface area contributed by atoms with Crippen LogP contribution in [0.25, 0.3) is 4.96 Å². The third-order valence-corrected chi connectivity index (χ3v) is 5.79. The predicted octanol–water partition coefficient (Wildman–Crippen LogP) is 3.52. The van der Waals surface area contributed by atoms with Gasteiger partial charge in [0.1, 0.15) is 0 Å². The topological polar surface area (TPSA) is 50.5 Å². The molecule has 1 aliphatic rings. The Bertz CT molecular complexity index is 885. The van der Waals surface area contributed by atoms with Crippen LogP contribution >= 0.6 is 11.3 Å². The van der Waals surface area contributed by atoms with Crippen molar-refractivity contribution in [2.24, 2.45) is 5.92 Å². The van der Waals surface area contributed by atoms with E-state index in [0.717, 1.165) is 11.7 Å². The van der Waals surface area contributed by atoms with Crippen LogP contribution in [0.2, 0.25) is 0 Å². The fourth-order valence-electron chi connectivity index (χ4n) is 3.12. The van der Waals surface area contributed by atoms with E-state index < -0.39 is 0 Å². The van der Waals surface area contributed by atoms with E-state index in [0.29, 0.717) is 10.9 Å². The standard InChI is InChI=1S/C18H20N4OS/c1-13(15-8-3-2-4-9-15)21(12-14-6-5-7-14)18-20-22-16(23)10-11-19-17(22)24-18/h2-4,8-11,13-14H,5-7,12H2,1H3. The smallest absolute Gasteiger partial charge is 0.275 e. The molecule has 1 aliphatic carbocycles. The van der Waals surface area contributed by atoms with Gasteiger partial charge in [0.15, 0.2) is 0 Å². The van der Waals surface area contributed by atoms with Crippen LogP contribution in [0, 0.1) is 5.92 Å². The summed E-state index contributed by atoms with van der Waals surface area (Å²) in [6, 6.07) is 12.1. The predicted molar refractivity (Wildman–Crippen MR) is 96.7 cm³/mol. The number of benzene rings is 1. The van der Waals surface area contributed by atoms with E-state index in [1.54, 1.807) is 6.20 Å². The van der Waals surface area contributed by atoms with Crippen molar-refractivity contribution in [2.75, 3.05) is 11.4 Å². The highest BCUT2D eigenvalue weighted by atomic mass is 32.1. The molecule has 1 fully saturated rings. The number of anilines is 1. The van der Waals surface area contributed by atoms with Crippen LogP contribution in [-0.2, 0) is 0 Å². The van der Waals surface area contributed by atoms with Crippen LogP contribution in [0.15, 0.2) is 47.4 Å². The summed E-state index contributed by atoms with van der Waals surface area (Å²) in [5, 5.41) is 5.43. The molecule has 5 nitrogen and oxygen atoms in total. The Morgan fingerprint density at radius 1 is 1.29 bits per heavy atom. The Hall–Kier alpha value is -2.21. The molecule has 1 unspecified atom stereocenters. The number of hydrogen-bond donors (Lipinski definition) is 0. The number of aromatic nitrogens is 3. The molecule has 0 bridgehead atoms. The lowest BCUT2D eigenvalue weighted by atomic mass is 9.85. The summed E-state index contributed by atoms with van der Waals surface area (Å²) < 4.78 is 1.41. The van der Waals surface area contributed by atoms with Gasteiger partial charge < -0.3 is 4.90 Å². The number of fused-ring (bicyclic) bond motifs is 1. The Labute approximate surface area is 144 Å². The van der Waals surface area contributed by atoms with Crippen LogP contribution in [0.4, 0.5) is 5.13 Å². The van der Waals surface area contributed by atoms with Gasteiger partial charge in [-0.1, -0.05) is 48.1 Å². The average molecular weight is 340 g/mol. The summed E-state index contributed by atoms with van der Waals surface area (Å²) in [5.74, 6) is 0.716. The summed E-state index contributed by atoms with van der Waals surface area (Å²) in [4.78, 5) is 19.3. The monoisotopic (exact) mass is 340 g/mol. The molecule has 0 spiro atoms. The first-order valence-electron chi connectivity index (χ1n) is 8.39. The van der Waals surface area contributed by atoms with Gasteiger partial charge in [0, 0.05) is 18.8 Å². The molecule has 0 N–H and O–H groups in total. The molecule has 1 atom stereocenters. The highest BCUT2D eigenvalue weighted by Crippen LogP contribution is 2.35. The van der Waals surface area contributed by atoms with E-state index in [1.165, 1.54) is 46.7 Å². The van der Waals surface area contributed by atoms with E-state index >= 15 is 0 Å². The second-order valence-electron chi connectivity index (χ2n) is 6.40. The van der Waals surface area contributed by atoms with Crippen molar-refractivity contribution in [2.45, 2.75) is 32.2 Å². The lowest BCUT2D eigenvalue weighted by Gasteiger charge is -2.35. The zero-order valence-electron chi connectivity index (χ0n) is 13.6. The van der Waals surface area contributed by atoms with E-state index in [-0.39, 0.29) is 11.6 Å². The quantitative estimate of drug-likeness (QED) is 0.713. The molecule has 24 heavy (non-hydrogen) atoms. The SMILES string of the molecule is CC(c1ccccc1)N(CC1CCC1)c1nn2c(=O)ccnc2s1. The number of rotatable bonds is 5. The Kier molecular flexibility index (Phi) is 4.06. The second-order valence-corrected chi connectivity index (χ2v) is 7.33. The van der Waals surface area contributed by atoms with Gasteiger partial charge in [-0.05, 0) is 31.2 Å². The molecule has 0 saturated heterocycles. The van der Waals surface area contributed by atoms with Crippen LogP contribution < -0.4 is 10.5 Å². The zero-order valence-corrected chi connectivity index (χ0v) is 14.4. The summed E-state index contributed by atoms with van der Waals surface area (Å²) in [6.45, 7) is 3.18. The summed E-state index contributed by atoms with van der Waals surface area (Å²) in [7, 11) is 0. The van der Waals surface area contributed by atoms with E-state index in [9.17, 15) is 4.79 Å². The van der Waals surface area contributed by atoms with Crippen LogP contribution in [-0.4, -0.2) is 21.1 Å². The summed E-state index contributed by atoms with van der Waals surface area (Å²) in [5.41, 5.74) is 1.13. The summed E-state index contributed by atoms with van der Waals surface area (Å²) in [6.07, 6.45) is 5.43. The van der Waals surface area contributed by atoms with Crippen molar-refractivity contribution < 1.29 is 0 Å². The lowest BCUT2D eigenvalue weighted by molar-refractivity contribution is 0.311. The minimum atomic E-state index is -0.126. The van der Waals surface area contributed by atoms with E-state index in [4.69, 9.17) is 0 Å². The van der Waals surface area contributed by atoms with E-state index in [1.807, 2.05) is 6.07 Å². The van der Waals surface area contributed by atoms with Gasteiger partial charge >= 0.3 is 0 Å². The van der Waals surface area contributed by atoms with Crippen LogP contribution in [0.5, 0.6) is 0 Å². The fourth-order valence-corrected chi connectivity index (χ4v) is 4.08. The fraction of sp³-hybridized carbons (Fsp3) is 0.389. The maximum absolute atomic E-state index is 12.0. The third-order valence-electron chi connectivity index (χ3n) is 4.83. The summed E-state index contributed by atoms with van der Waals surface area (Å²) >= 11 is 1.49. The van der Waals surface area contributed by atoms with Gasteiger partial charge in [-0.2, -0.15) is 4.52 Å². The highest BCUT2D eigenvalue weighted by molar-refractivity contribution is 7.20. The molecule has 0 aliphatic heterocycles. The van der Waals surface area contributed by atoms with Crippen molar-refractivity contribution in [1.29, 1.82) is 0 Å². The van der Waals surface area contributed by atoms with Crippen molar-refractivity contribution in [1.82, 2.24) is 14.6 Å². The molecule has 4 rings (SSSR count). The molecular weight excluding hydrogens is 320 g/mol. The van der Waals surface area contributed by atoms with Crippen LogP contribution in [0.1, 0.15) is 37.8 Å². The van der Waals surface area contributed by atoms with Crippen LogP contribution in [0.3, 0.4) is 0 Å². The molecule has 0 amide bonds. The number of hydrogen-bond acceptors (Lipinski definition) is 5. The maximum atomic E-state index is 12.0. The molecule has 1 saturated carbocycles. The van der Waals surface area contributed by atoms with Gasteiger partial charge in [0.2, 0.25) is 10.1 Å². The first-order chi connectivity index (χ1) is 11.7. The molecule has 2 heterocycles. The van der Waals surface area contributed by atoms with Crippen molar-refractivity contribution in [3.05, 3.63) is 58.5 Å². The third kappa shape index (κ3) is 2.82. The van der Waals surface area contributed by atoms with Gasteiger partial charge in [0.05, 0.1) is 6.04 Å². The maximum Gasteiger partial charge on any atom is 0.275 e. The van der Waals surface area contributed by atoms with Gasteiger partial charge in [-0.15, -0.1) is 5.10 Å². The first-order valence-corrected chi connectivity index (χ1v) is 9.20. The minimum absolute atomic E-state index is 0.126. The van der Waals surface area contributed by atoms with Crippen molar-refractivity contribution in [3.63, 3.8) is 0 Å². The van der Waals surface area contributed by atoms with E-state index in [2.05, 4.69) is 46.2 Å². The minimum Gasteiger partial charge on any atom is -0.340 e. The highest BCUT2D eigenvalue weighted by Gasteiger charge is 2.27. The second kappa shape index (κ2) is 6.36. The van der Waals surface area contributed by atoms with Crippen molar-refractivity contribution in [3.8, 4) is 0 Å². The van der Waals surface area contributed by atoms with Gasteiger partial charge in [0.25, 0.3) is 5.56 Å². The number of nitrogens with zero attached hydrogens (tertiary/aromatic N) is 4. The molecular formula is C18H20N4OS. The Morgan fingerprint density at radius 3 is 2.75 bits per heavy atom.